The second-order valence-corrected chi connectivity index (χ2v) is 6.27. The average Bonchev–Trinajstić information content (AvgIpc) is 2.12. The molecule has 0 aliphatic carbocycles. The quantitative estimate of drug-likeness (QED) is 0.627. The molecule has 15 heavy (non-hydrogen) atoms. The molecule has 0 saturated carbocycles. The Morgan fingerprint density at radius 1 is 1.13 bits per heavy atom. The van der Waals surface area contributed by atoms with E-state index in [0.29, 0.717) is 11.5 Å². The maximum atomic E-state index is 5.73. The van der Waals surface area contributed by atoms with Crippen LogP contribution in [-0.4, -0.2) is 30.4 Å². The van der Waals surface area contributed by atoms with Crippen molar-refractivity contribution in [1.29, 1.82) is 0 Å². The Kier molecular flexibility index (Phi) is 6.86. The minimum absolute atomic E-state index is 0.366. The van der Waals surface area contributed by atoms with Gasteiger partial charge in [-0.05, 0) is 44.7 Å². The summed E-state index contributed by atoms with van der Waals surface area (Å²) in [6.45, 7) is 12.7. The van der Waals surface area contributed by atoms with E-state index in [1.165, 1.54) is 13.0 Å². The first-order valence-electron chi connectivity index (χ1n) is 6.05. The predicted molar refractivity (Wildman–Crippen MR) is 70.7 cm³/mol. The van der Waals surface area contributed by atoms with Crippen LogP contribution in [0.1, 0.15) is 47.5 Å². The number of halogens is 1. The van der Waals surface area contributed by atoms with Gasteiger partial charge < -0.3 is 4.90 Å². The SMILES string of the molecule is CC(CCCl)CCN(C)C(C)C(C)(C)C. The molecule has 0 N–H and O–H groups in total. The van der Waals surface area contributed by atoms with Crippen molar-refractivity contribution in [3.8, 4) is 0 Å². The highest BCUT2D eigenvalue weighted by Gasteiger charge is 2.23. The predicted octanol–water partition coefficient (Wildman–Crippen LogP) is 4.01. The van der Waals surface area contributed by atoms with Crippen LogP contribution in [0.3, 0.4) is 0 Å². The van der Waals surface area contributed by atoms with Crippen molar-refractivity contribution in [3.63, 3.8) is 0 Å². The van der Waals surface area contributed by atoms with Gasteiger partial charge in [0.25, 0.3) is 0 Å². The maximum absolute atomic E-state index is 5.73. The van der Waals surface area contributed by atoms with Crippen molar-refractivity contribution in [2.75, 3.05) is 19.5 Å². The summed E-state index contributed by atoms with van der Waals surface area (Å²) in [6, 6.07) is 0.626. The third-order valence-corrected chi connectivity index (χ3v) is 3.71. The molecule has 0 fully saturated rings. The van der Waals surface area contributed by atoms with Crippen LogP contribution in [0.15, 0.2) is 0 Å². The van der Waals surface area contributed by atoms with Gasteiger partial charge in [0.15, 0.2) is 0 Å². The lowest BCUT2D eigenvalue weighted by Gasteiger charge is -2.35. The fourth-order valence-corrected chi connectivity index (χ4v) is 1.98. The van der Waals surface area contributed by atoms with E-state index in [4.69, 9.17) is 11.6 Å². The first-order chi connectivity index (χ1) is 6.79. The Balaban J connectivity index is 3.88. The first-order valence-corrected chi connectivity index (χ1v) is 6.58. The molecule has 0 aliphatic rings. The Bertz CT molecular complexity index is 162. The third-order valence-electron chi connectivity index (χ3n) is 3.49. The van der Waals surface area contributed by atoms with Crippen LogP contribution in [0.5, 0.6) is 0 Å². The Hall–Kier alpha value is 0.250. The van der Waals surface area contributed by atoms with E-state index in [2.05, 4.69) is 46.6 Å². The van der Waals surface area contributed by atoms with Crippen molar-refractivity contribution >= 4 is 11.6 Å². The van der Waals surface area contributed by atoms with Crippen LogP contribution in [0.4, 0.5) is 0 Å². The number of rotatable bonds is 6. The molecule has 0 saturated heterocycles. The largest absolute Gasteiger partial charge is 0.303 e. The van der Waals surface area contributed by atoms with Gasteiger partial charge in [-0.15, -0.1) is 11.6 Å². The number of hydrogen-bond acceptors (Lipinski definition) is 1. The van der Waals surface area contributed by atoms with Gasteiger partial charge in [-0.2, -0.15) is 0 Å². The average molecular weight is 234 g/mol. The van der Waals surface area contributed by atoms with Crippen LogP contribution < -0.4 is 0 Å². The van der Waals surface area contributed by atoms with Crippen molar-refractivity contribution < 1.29 is 0 Å². The Labute approximate surface area is 101 Å². The van der Waals surface area contributed by atoms with Crippen LogP contribution in [-0.2, 0) is 0 Å². The van der Waals surface area contributed by atoms with Gasteiger partial charge >= 0.3 is 0 Å². The molecule has 0 aliphatic heterocycles. The lowest BCUT2D eigenvalue weighted by atomic mass is 9.87. The summed E-state index contributed by atoms with van der Waals surface area (Å²) in [4.78, 5) is 2.46. The van der Waals surface area contributed by atoms with Crippen LogP contribution in [0.25, 0.3) is 0 Å². The van der Waals surface area contributed by atoms with Gasteiger partial charge in [0.2, 0.25) is 0 Å². The van der Waals surface area contributed by atoms with E-state index in [1.54, 1.807) is 0 Å². The molecule has 0 aromatic heterocycles. The van der Waals surface area contributed by atoms with Gasteiger partial charge in [-0.1, -0.05) is 27.7 Å². The van der Waals surface area contributed by atoms with Crippen molar-refractivity contribution in [2.24, 2.45) is 11.3 Å². The normalized spacial score (nSPS) is 16.8. The monoisotopic (exact) mass is 233 g/mol. The maximum Gasteiger partial charge on any atom is 0.0225 e. The van der Waals surface area contributed by atoms with Gasteiger partial charge in [0, 0.05) is 11.9 Å². The third kappa shape index (κ3) is 6.42. The molecule has 0 bridgehead atoms. The van der Waals surface area contributed by atoms with E-state index in [9.17, 15) is 0 Å². The number of nitrogens with zero attached hydrogens (tertiary/aromatic N) is 1. The second-order valence-electron chi connectivity index (χ2n) is 5.89. The number of hydrogen-bond donors (Lipinski definition) is 0. The summed E-state index contributed by atoms with van der Waals surface area (Å²) in [5.41, 5.74) is 0.366. The standard InChI is InChI=1S/C13H28ClN/c1-11(7-9-14)8-10-15(6)12(2)13(3,4)5/h11-12H,7-10H2,1-6H3. The lowest BCUT2D eigenvalue weighted by molar-refractivity contribution is 0.134. The lowest BCUT2D eigenvalue weighted by Crippen LogP contribution is -2.40. The smallest absolute Gasteiger partial charge is 0.0225 e. The fraction of sp³-hybridized carbons (Fsp3) is 1.00. The molecule has 0 aromatic rings. The minimum Gasteiger partial charge on any atom is -0.303 e. The molecule has 0 amide bonds. The highest BCUT2D eigenvalue weighted by molar-refractivity contribution is 6.17. The van der Waals surface area contributed by atoms with E-state index < -0.39 is 0 Å². The van der Waals surface area contributed by atoms with Crippen molar-refractivity contribution in [1.82, 2.24) is 4.90 Å². The zero-order valence-electron chi connectivity index (χ0n) is 11.3. The van der Waals surface area contributed by atoms with Gasteiger partial charge in [-0.25, -0.2) is 0 Å². The highest BCUT2D eigenvalue weighted by Crippen LogP contribution is 2.23. The Morgan fingerprint density at radius 3 is 2.07 bits per heavy atom. The molecule has 0 radical (unpaired) electrons. The Morgan fingerprint density at radius 2 is 1.67 bits per heavy atom. The summed E-state index contributed by atoms with van der Waals surface area (Å²) < 4.78 is 0. The first kappa shape index (κ1) is 15.2. The van der Waals surface area contributed by atoms with E-state index in [1.807, 2.05) is 0 Å². The summed E-state index contributed by atoms with van der Waals surface area (Å²) in [5, 5.41) is 0. The zero-order chi connectivity index (χ0) is 12.1. The topological polar surface area (TPSA) is 3.24 Å². The molecule has 0 heterocycles. The van der Waals surface area contributed by atoms with Gasteiger partial charge in [0.1, 0.15) is 0 Å². The van der Waals surface area contributed by atoms with Crippen LogP contribution in [0.2, 0.25) is 0 Å². The molecule has 0 rings (SSSR count). The van der Waals surface area contributed by atoms with Gasteiger partial charge in [-0.3, -0.25) is 0 Å². The van der Waals surface area contributed by atoms with Gasteiger partial charge in [0.05, 0.1) is 0 Å². The van der Waals surface area contributed by atoms with E-state index in [-0.39, 0.29) is 0 Å². The molecule has 1 nitrogen and oxygen atoms in total. The molecule has 2 unspecified atom stereocenters. The van der Waals surface area contributed by atoms with Crippen LogP contribution >= 0.6 is 11.6 Å². The fourth-order valence-electron chi connectivity index (χ4n) is 1.61. The highest BCUT2D eigenvalue weighted by atomic mass is 35.5. The summed E-state index contributed by atoms with van der Waals surface area (Å²) in [7, 11) is 2.23. The van der Waals surface area contributed by atoms with E-state index >= 15 is 0 Å². The molecule has 0 aromatic carbocycles. The zero-order valence-corrected chi connectivity index (χ0v) is 12.1. The molecule has 92 valence electrons. The van der Waals surface area contributed by atoms with E-state index in [0.717, 1.165) is 18.2 Å². The summed E-state index contributed by atoms with van der Waals surface area (Å²) in [5.74, 6) is 1.54. The van der Waals surface area contributed by atoms with Crippen molar-refractivity contribution in [3.05, 3.63) is 0 Å². The van der Waals surface area contributed by atoms with Crippen molar-refractivity contribution in [2.45, 2.75) is 53.5 Å². The minimum atomic E-state index is 0.366. The number of alkyl halides is 1. The summed E-state index contributed by atoms with van der Waals surface area (Å²) in [6.07, 6.45) is 2.39. The molecular weight excluding hydrogens is 206 g/mol. The molecular formula is C13H28ClN. The second kappa shape index (κ2) is 6.75. The van der Waals surface area contributed by atoms with Crippen LogP contribution in [0, 0.1) is 11.3 Å². The molecule has 2 heteroatoms. The summed E-state index contributed by atoms with van der Waals surface area (Å²) >= 11 is 5.73. The molecule has 0 spiro atoms. The molecule has 2 atom stereocenters.